The number of fused-ring (bicyclic) bond motifs is 1. The first-order valence-electron chi connectivity index (χ1n) is 6.93. The molecule has 100 valence electrons. The van der Waals surface area contributed by atoms with Crippen molar-refractivity contribution in [3.05, 3.63) is 47.7 Å². The van der Waals surface area contributed by atoms with Gasteiger partial charge in [0.25, 0.3) is 0 Å². The van der Waals surface area contributed by atoms with Crippen molar-refractivity contribution in [3.8, 4) is 0 Å². The molecule has 3 nitrogen and oxygen atoms in total. The van der Waals surface area contributed by atoms with Crippen molar-refractivity contribution in [2.45, 2.75) is 12.8 Å². The van der Waals surface area contributed by atoms with Gasteiger partial charge in [-0.15, -0.1) is 0 Å². The number of benzene rings is 1. The molecule has 1 aliphatic heterocycles. The van der Waals surface area contributed by atoms with Crippen molar-refractivity contribution >= 4 is 10.9 Å². The third-order valence-electron chi connectivity index (χ3n) is 3.96. The standard InChI is InChI=1S/C16H20N2O/c19-12-13-5-8-18(9-6-13)10-7-14-11-17-16-4-2-1-3-15(14)16/h1-5,11,17,19H,6-10,12H2. The predicted molar refractivity (Wildman–Crippen MR) is 78.2 cm³/mol. The summed E-state index contributed by atoms with van der Waals surface area (Å²) in [4.78, 5) is 5.77. The minimum Gasteiger partial charge on any atom is -0.392 e. The minimum absolute atomic E-state index is 0.219. The zero-order chi connectivity index (χ0) is 13.1. The number of aromatic nitrogens is 1. The minimum atomic E-state index is 0.219. The van der Waals surface area contributed by atoms with Gasteiger partial charge in [-0.1, -0.05) is 24.3 Å². The van der Waals surface area contributed by atoms with Crippen molar-refractivity contribution in [3.63, 3.8) is 0 Å². The quantitative estimate of drug-likeness (QED) is 0.824. The van der Waals surface area contributed by atoms with Gasteiger partial charge in [0.15, 0.2) is 0 Å². The van der Waals surface area contributed by atoms with Crippen LogP contribution in [0.5, 0.6) is 0 Å². The molecule has 0 radical (unpaired) electrons. The zero-order valence-corrected chi connectivity index (χ0v) is 11.1. The Morgan fingerprint density at radius 3 is 2.95 bits per heavy atom. The molecule has 3 heteroatoms. The van der Waals surface area contributed by atoms with Crippen LogP contribution in [0.4, 0.5) is 0 Å². The first kappa shape index (κ1) is 12.5. The van der Waals surface area contributed by atoms with E-state index in [9.17, 15) is 0 Å². The van der Waals surface area contributed by atoms with Crippen molar-refractivity contribution in [2.75, 3.05) is 26.2 Å². The number of para-hydroxylation sites is 1. The lowest BCUT2D eigenvalue weighted by Gasteiger charge is -2.25. The first-order chi connectivity index (χ1) is 9.36. The lowest BCUT2D eigenvalue weighted by Crippen LogP contribution is -2.31. The highest BCUT2D eigenvalue weighted by molar-refractivity contribution is 5.83. The Balaban J connectivity index is 1.62. The lowest BCUT2D eigenvalue weighted by atomic mass is 10.1. The smallest absolute Gasteiger partial charge is 0.0642 e. The van der Waals surface area contributed by atoms with Gasteiger partial charge in [-0.3, -0.25) is 4.90 Å². The molecular formula is C16H20N2O. The second-order valence-electron chi connectivity index (χ2n) is 5.18. The number of aliphatic hydroxyl groups excluding tert-OH is 1. The number of nitrogens with zero attached hydrogens (tertiary/aromatic N) is 1. The molecule has 3 rings (SSSR count). The third-order valence-corrected chi connectivity index (χ3v) is 3.96. The van der Waals surface area contributed by atoms with Gasteiger partial charge in [-0.05, 0) is 30.0 Å². The van der Waals surface area contributed by atoms with E-state index in [0.717, 1.165) is 32.5 Å². The molecule has 0 fully saturated rings. The average Bonchev–Trinajstić information content (AvgIpc) is 2.89. The number of rotatable bonds is 4. The van der Waals surface area contributed by atoms with Crippen LogP contribution < -0.4 is 0 Å². The SMILES string of the molecule is OCC1=CCN(CCc2c[nH]c3ccccc23)CC1. The van der Waals surface area contributed by atoms with E-state index in [1.165, 1.54) is 22.0 Å². The van der Waals surface area contributed by atoms with Crippen LogP contribution in [-0.4, -0.2) is 41.2 Å². The third kappa shape index (κ3) is 2.72. The van der Waals surface area contributed by atoms with Gasteiger partial charge in [0, 0.05) is 36.7 Å². The van der Waals surface area contributed by atoms with E-state index in [-0.39, 0.29) is 6.61 Å². The molecule has 2 aromatic rings. The molecule has 1 aliphatic rings. The number of aliphatic hydroxyl groups is 1. The molecule has 1 aromatic heterocycles. The molecule has 2 N–H and O–H groups in total. The maximum absolute atomic E-state index is 9.08. The largest absolute Gasteiger partial charge is 0.392 e. The van der Waals surface area contributed by atoms with Crippen molar-refractivity contribution in [1.82, 2.24) is 9.88 Å². The van der Waals surface area contributed by atoms with Gasteiger partial charge in [-0.25, -0.2) is 0 Å². The Bertz CT molecular complexity index is 585. The summed E-state index contributed by atoms with van der Waals surface area (Å²) >= 11 is 0. The maximum Gasteiger partial charge on any atom is 0.0642 e. The Morgan fingerprint density at radius 2 is 2.16 bits per heavy atom. The summed E-state index contributed by atoms with van der Waals surface area (Å²) in [6.07, 6.45) is 6.37. The van der Waals surface area contributed by atoms with Crippen molar-refractivity contribution in [1.29, 1.82) is 0 Å². The summed E-state index contributed by atoms with van der Waals surface area (Å²) < 4.78 is 0. The van der Waals surface area contributed by atoms with Crippen LogP contribution in [0.25, 0.3) is 10.9 Å². The van der Waals surface area contributed by atoms with Gasteiger partial charge < -0.3 is 10.1 Å². The molecule has 1 aromatic carbocycles. The topological polar surface area (TPSA) is 39.3 Å². The van der Waals surface area contributed by atoms with E-state index in [1.54, 1.807) is 0 Å². The summed E-state index contributed by atoms with van der Waals surface area (Å²) in [7, 11) is 0. The van der Waals surface area contributed by atoms with E-state index in [4.69, 9.17) is 5.11 Å². The molecule has 0 bridgehead atoms. The Kier molecular flexibility index (Phi) is 3.67. The second kappa shape index (κ2) is 5.59. The lowest BCUT2D eigenvalue weighted by molar-refractivity contribution is 0.273. The van der Waals surface area contributed by atoms with Gasteiger partial charge in [0.05, 0.1) is 6.61 Å². The number of nitrogens with one attached hydrogen (secondary N) is 1. The predicted octanol–water partition coefficient (Wildman–Crippen LogP) is 2.33. The number of H-pyrrole nitrogens is 1. The summed E-state index contributed by atoms with van der Waals surface area (Å²) in [5, 5.41) is 10.4. The first-order valence-corrected chi connectivity index (χ1v) is 6.93. The molecule has 0 saturated carbocycles. The maximum atomic E-state index is 9.08. The van der Waals surface area contributed by atoms with E-state index < -0.39 is 0 Å². The van der Waals surface area contributed by atoms with Crippen LogP contribution in [0.2, 0.25) is 0 Å². The summed E-state index contributed by atoms with van der Waals surface area (Å²) in [5.74, 6) is 0. The van der Waals surface area contributed by atoms with Crippen molar-refractivity contribution in [2.24, 2.45) is 0 Å². The Morgan fingerprint density at radius 1 is 1.26 bits per heavy atom. The Labute approximate surface area is 113 Å². The van der Waals surface area contributed by atoms with E-state index in [2.05, 4.69) is 46.4 Å². The molecular weight excluding hydrogens is 236 g/mol. The molecule has 0 amide bonds. The highest BCUT2D eigenvalue weighted by Crippen LogP contribution is 2.19. The van der Waals surface area contributed by atoms with Gasteiger partial charge in [-0.2, -0.15) is 0 Å². The molecule has 0 unspecified atom stereocenters. The molecule has 0 spiro atoms. The number of aromatic amines is 1. The fourth-order valence-corrected chi connectivity index (χ4v) is 2.72. The highest BCUT2D eigenvalue weighted by Gasteiger charge is 2.11. The van der Waals surface area contributed by atoms with E-state index in [1.807, 2.05) is 0 Å². The van der Waals surface area contributed by atoms with Crippen LogP contribution in [-0.2, 0) is 6.42 Å². The van der Waals surface area contributed by atoms with Crippen LogP contribution in [0, 0.1) is 0 Å². The molecule has 0 saturated heterocycles. The zero-order valence-electron chi connectivity index (χ0n) is 11.1. The monoisotopic (exact) mass is 256 g/mol. The van der Waals surface area contributed by atoms with Crippen LogP contribution in [0.15, 0.2) is 42.1 Å². The number of hydrogen-bond donors (Lipinski definition) is 2. The van der Waals surface area contributed by atoms with Crippen LogP contribution in [0.1, 0.15) is 12.0 Å². The summed E-state index contributed by atoms with van der Waals surface area (Å²) in [6, 6.07) is 8.46. The molecule has 0 atom stereocenters. The van der Waals surface area contributed by atoms with Gasteiger partial charge in [0.2, 0.25) is 0 Å². The highest BCUT2D eigenvalue weighted by atomic mass is 16.3. The molecule has 19 heavy (non-hydrogen) atoms. The summed E-state index contributed by atoms with van der Waals surface area (Å²) in [6.45, 7) is 3.33. The fraction of sp³-hybridized carbons (Fsp3) is 0.375. The Hall–Kier alpha value is -1.58. The van der Waals surface area contributed by atoms with Crippen molar-refractivity contribution < 1.29 is 5.11 Å². The molecule has 0 aliphatic carbocycles. The van der Waals surface area contributed by atoms with Crippen LogP contribution >= 0.6 is 0 Å². The van der Waals surface area contributed by atoms with E-state index in [0.29, 0.717) is 0 Å². The second-order valence-corrected chi connectivity index (χ2v) is 5.18. The van der Waals surface area contributed by atoms with Gasteiger partial charge >= 0.3 is 0 Å². The van der Waals surface area contributed by atoms with Gasteiger partial charge in [0.1, 0.15) is 0 Å². The number of hydrogen-bond acceptors (Lipinski definition) is 2. The fourth-order valence-electron chi connectivity index (χ4n) is 2.72. The van der Waals surface area contributed by atoms with Crippen LogP contribution in [0.3, 0.4) is 0 Å². The average molecular weight is 256 g/mol. The van der Waals surface area contributed by atoms with E-state index >= 15 is 0 Å². The summed E-state index contributed by atoms with van der Waals surface area (Å²) in [5.41, 5.74) is 3.80. The molecule has 2 heterocycles. The normalized spacial score (nSPS) is 16.8.